The van der Waals surface area contributed by atoms with Gasteiger partial charge in [-0.05, 0) is 32.0 Å². The third-order valence-corrected chi connectivity index (χ3v) is 3.19. The number of hydrogen-bond donors (Lipinski definition) is 1. The Morgan fingerprint density at radius 3 is 2.58 bits per heavy atom. The van der Waals surface area contributed by atoms with Crippen LogP contribution in [0.3, 0.4) is 0 Å². The van der Waals surface area contributed by atoms with Crippen molar-refractivity contribution in [1.29, 1.82) is 0 Å². The van der Waals surface area contributed by atoms with E-state index in [1.54, 1.807) is 18.0 Å². The molecule has 1 aromatic carbocycles. The summed E-state index contributed by atoms with van der Waals surface area (Å²) in [6, 6.07) is 4.64. The first-order valence-electron chi connectivity index (χ1n) is 5.74. The highest BCUT2D eigenvalue weighted by molar-refractivity contribution is 9.10. The number of carboxylic acid groups (broad SMARTS) is 1. The maximum absolute atomic E-state index is 11.8. The number of carbonyl (C=O) groups excluding carboxylic acids is 1. The number of carboxylic acids is 1. The average molecular weight is 330 g/mol. The van der Waals surface area contributed by atoms with Gasteiger partial charge < -0.3 is 14.7 Å². The van der Waals surface area contributed by atoms with E-state index in [2.05, 4.69) is 15.9 Å². The van der Waals surface area contributed by atoms with Crippen LogP contribution in [0.15, 0.2) is 22.7 Å². The van der Waals surface area contributed by atoms with Gasteiger partial charge in [-0.2, -0.15) is 0 Å². The highest BCUT2D eigenvalue weighted by atomic mass is 79.9. The zero-order valence-corrected chi connectivity index (χ0v) is 12.6. The molecule has 0 atom stereocenters. The number of aromatic carboxylic acids is 1. The Hall–Kier alpha value is -1.56. The molecule has 1 rings (SSSR count). The van der Waals surface area contributed by atoms with E-state index in [0.29, 0.717) is 4.47 Å². The van der Waals surface area contributed by atoms with Crippen molar-refractivity contribution in [2.45, 2.75) is 19.9 Å². The van der Waals surface area contributed by atoms with Crippen LogP contribution in [0.2, 0.25) is 0 Å². The van der Waals surface area contributed by atoms with Gasteiger partial charge >= 0.3 is 5.97 Å². The topological polar surface area (TPSA) is 66.8 Å². The number of amides is 1. The molecule has 6 heteroatoms. The number of benzene rings is 1. The van der Waals surface area contributed by atoms with Crippen molar-refractivity contribution in [3.8, 4) is 5.75 Å². The Labute approximate surface area is 120 Å². The normalized spacial score (nSPS) is 10.4. The van der Waals surface area contributed by atoms with Crippen LogP contribution in [0.4, 0.5) is 0 Å². The van der Waals surface area contributed by atoms with Crippen LogP contribution in [-0.4, -0.2) is 41.6 Å². The Bertz CT molecular complexity index is 488. The summed E-state index contributed by atoms with van der Waals surface area (Å²) < 4.78 is 6.00. The summed E-state index contributed by atoms with van der Waals surface area (Å²) in [5, 5.41) is 9.03. The van der Waals surface area contributed by atoms with E-state index in [1.165, 1.54) is 12.1 Å². The molecule has 0 unspecified atom stereocenters. The number of likely N-dealkylation sites (N-methyl/N-ethyl adjacent to an activating group) is 1. The van der Waals surface area contributed by atoms with Crippen molar-refractivity contribution in [2.24, 2.45) is 0 Å². The third-order valence-electron chi connectivity index (χ3n) is 2.69. The number of ether oxygens (including phenoxy) is 1. The average Bonchev–Trinajstić information content (AvgIpc) is 2.34. The van der Waals surface area contributed by atoms with Gasteiger partial charge in [-0.25, -0.2) is 4.79 Å². The lowest BCUT2D eigenvalue weighted by Gasteiger charge is -2.21. The van der Waals surface area contributed by atoms with E-state index in [0.717, 1.165) is 0 Å². The molecule has 0 aromatic heterocycles. The first kappa shape index (κ1) is 15.5. The molecule has 0 bridgehead atoms. The highest BCUT2D eigenvalue weighted by Crippen LogP contribution is 2.23. The van der Waals surface area contributed by atoms with E-state index in [-0.39, 0.29) is 29.9 Å². The monoisotopic (exact) mass is 329 g/mol. The molecule has 0 aliphatic carbocycles. The standard InChI is InChI=1S/C13H16BrNO4/c1-8(2)15(3)12(16)7-19-11-6-9(14)4-5-10(11)13(17)18/h4-6,8H,7H2,1-3H3,(H,17,18). The van der Waals surface area contributed by atoms with Crippen LogP contribution in [0.5, 0.6) is 5.75 Å². The molecule has 1 amide bonds. The van der Waals surface area contributed by atoms with E-state index >= 15 is 0 Å². The van der Waals surface area contributed by atoms with E-state index < -0.39 is 5.97 Å². The smallest absolute Gasteiger partial charge is 0.339 e. The van der Waals surface area contributed by atoms with Gasteiger partial charge in [-0.15, -0.1) is 0 Å². The fourth-order valence-corrected chi connectivity index (χ4v) is 1.66. The van der Waals surface area contributed by atoms with E-state index in [1.807, 2.05) is 13.8 Å². The number of halogens is 1. The minimum absolute atomic E-state index is 0.0307. The van der Waals surface area contributed by atoms with Gasteiger partial charge in [0.2, 0.25) is 0 Å². The quantitative estimate of drug-likeness (QED) is 0.900. The van der Waals surface area contributed by atoms with Crippen LogP contribution in [0.1, 0.15) is 24.2 Å². The number of carbonyl (C=O) groups is 2. The molecule has 5 nitrogen and oxygen atoms in total. The van der Waals surface area contributed by atoms with Crippen LogP contribution in [-0.2, 0) is 4.79 Å². The van der Waals surface area contributed by atoms with Crippen molar-refractivity contribution in [1.82, 2.24) is 4.90 Å². The lowest BCUT2D eigenvalue weighted by Crippen LogP contribution is -2.36. The fraction of sp³-hybridized carbons (Fsp3) is 0.385. The molecule has 0 aliphatic rings. The van der Waals surface area contributed by atoms with Crippen molar-refractivity contribution in [3.05, 3.63) is 28.2 Å². The summed E-state index contributed by atoms with van der Waals surface area (Å²) in [4.78, 5) is 24.3. The molecule has 0 aliphatic heterocycles. The third kappa shape index (κ3) is 4.24. The highest BCUT2D eigenvalue weighted by Gasteiger charge is 2.16. The molecule has 0 radical (unpaired) electrons. The van der Waals surface area contributed by atoms with Crippen LogP contribution in [0, 0.1) is 0 Å². The van der Waals surface area contributed by atoms with E-state index in [9.17, 15) is 9.59 Å². The molecular weight excluding hydrogens is 314 g/mol. The molecular formula is C13H16BrNO4. The second-order valence-electron chi connectivity index (χ2n) is 4.33. The molecule has 104 valence electrons. The molecule has 0 saturated heterocycles. The predicted octanol–water partition coefficient (Wildman–Crippen LogP) is 2.39. The van der Waals surface area contributed by atoms with Gasteiger partial charge in [0.25, 0.3) is 5.91 Å². The molecule has 1 aromatic rings. The Morgan fingerprint density at radius 2 is 2.05 bits per heavy atom. The zero-order valence-electron chi connectivity index (χ0n) is 11.0. The molecule has 0 fully saturated rings. The molecule has 19 heavy (non-hydrogen) atoms. The minimum atomic E-state index is -1.09. The lowest BCUT2D eigenvalue weighted by atomic mass is 10.2. The van der Waals surface area contributed by atoms with Gasteiger partial charge in [-0.3, -0.25) is 4.79 Å². The molecule has 0 spiro atoms. The summed E-state index contributed by atoms with van der Waals surface area (Å²) in [7, 11) is 1.68. The van der Waals surface area contributed by atoms with Gasteiger partial charge in [0.05, 0.1) is 0 Å². The SMILES string of the molecule is CC(C)N(C)C(=O)COc1cc(Br)ccc1C(=O)O. The summed E-state index contributed by atoms with van der Waals surface area (Å²) in [5.74, 6) is -1.12. The Kier molecular flexibility index (Phi) is 5.35. The van der Waals surface area contributed by atoms with Gasteiger partial charge in [0.15, 0.2) is 6.61 Å². The second kappa shape index (κ2) is 6.56. The largest absolute Gasteiger partial charge is 0.483 e. The first-order chi connectivity index (χ1) is 8.82. The summed E-state index contributed by atoms with van der Waals surface area (Å²) in [5.41, 5.74) is 0.0307. The fourth-order valence-electron chi connectivity index (χ4n) is 1.32. The number of nitrogens with zero attached hydrogens (tertiary/aromatic N) is 1. The van der Waals surface area contributed by atoms with Crippen molar-refractivity contribution in [3.63, 3.8) is 0 Å². The summed E-state index contributed by atoms with van der Waals surface area (Å²) in [6.07, 6.45) is 0. The van der Waals surface area contributed by atoms with Gasteiger partial charge in [-0.1, -0.05) is 15.9 Å². The number of rotatable bonds is 5. The number of hydrogen-bond acceptors (Lipinski definition) is 3. The minimum Gasteiger partial charge on any atom is -0.483 e. The molecule has 0 heterocycles. The molecule has 0 saturated carbocycles. The Balaban J connectivity index is 2.80. The van der Waals surface area contributed by atoms with Crippen LogP contribution < -0.4 is 4.74 Å². The summed E-state index contributed by atoms with van der Waals surface area (Å²) >= 11 is 3.24. The second-order valence-corrected chi connectivity index (χ2v) is 5.25. The predicted molar refractivity (Wildman–Crippen MR) is 74.5 cm³/mol. The van der Waals surface area contributed by atoms with E-state index in [4.69, 9.17) is 9.84 Å². The van der Waals surface area contributed by atoms with Gasteiger partial charge in [0.1, 0.15) is 11.3 Å². The van der Waals surface area contributed by atoms with Crippen molar-refractivity contribution >= 4 is 27.8 Å². The zero-order chi connectivity index (χ0) is 14.6. The maximum atomic E-state index is 11.8. The Morgan fingerprint density at radius 1 is 1.42 bits per heavy atom. The summed E-state index contributed by atoms with van der Waals surface area (Å²) in [6.45, 7) is 3.59. The van der Waals surface area contributed by atoms with Crippen LogP contribution >= 0.6 is 15.9 Å². The van der Waals surface area contributed by atoms with Crippen LogP contribution in [0.25, 0.3) is 0 Å². The van der Waals surface area contributed by atoms with Gasteiger partial charge in [0, 0.05) is 17.6 Å². The first-order valence-corrected chi connectivity index (χ1v) is 6.53. The van der Waals surface area contributed by atoms with Crippen molar-refractivity contribution in [2.75, 3.05) is 13.7 Å². The molecule has 1 N–H and O–H groups in total. The van der Waals surface area contributed by atoms with Crippen molar-refractivity contribution < 1.29 is 19.4 Å². The lowest BCUT2D eigenvalue weighted by molar-refractivity contribution is -0.133. The maximum Gasteiger partial charge on any atom is 0.339 e.